The van der Waals surface area contributed by atoms with Crippen molar-refractivity contribution < 1.29 is 9.53 Å². The number of ether oxygens (including phenoxy) is 1. The lowest BCUT2D eigenvalue weighted by Gasteiger charge is -2.13. The molecule has 2 aromatic rings. The molecule has 4 heteroatoms. The number of carbonyl (C=O) groups excluding carboxylic acids is 1. The quantitative estimate of drug-likeness (QED) is 0.574. The Bertz CT molecular complexity index is 546. The van der Waals surface area contributed by atoms with E-state index in [2.05, 4.69) is 11.9 Å². The van der Waals surface area contributed by atoms with Gasteiger partial charge in [-0.15, -0.1) is 0 Å². The van der Waals surface area contributed by atoms with Gasteiger partial charge in [-0.2, -0.15) is 0 Å². The molecule has 0 aliphatic heterocycles. The van der Waals surface area contributed by atoms with Crippen molar-refractivity contribution >= 4 is 6.29 Å². The number of nitrogens with zero attached hydrogens (tertiary/aromatic N) is 2. The van der Waals surface area contributed by atoms with Crippen LogP contribution in [0.3, 0.4) is 0 Å². The Balaban J connectivity index is 2.09. The summed E-state index contributed by atoms with van der Waals surface area (Å²) in [6.45, 7) is 4.77. The first-order valence-electron chi connectivity index (χ1n) is 6.92. The third-order valence-corrected chi connectivity index (χ3v) is 3.17. The van der Waals surface area contributed by atoms with E-state index in [4.69, 9.17) is 4.74 Å². The second kappa shape index (κ2) is 6.89. The topological polar surface area (TPSA) is 44.1 Å². The predicted octanol–water partition coefficient (Wildman–Crippen LogP) is 3.16. The first kappa shape index (κ1) is 14.3. The van der Waals surface area contributed by atoms with Gasteiger partial charge in [0.05, 0.1) is 18.6 Å². The number of rotatable bonds is 7. The lowest BCUT2D eigenvalue weighted by atomic mass is 10.1. The highest BCUT2D eigenvalue weighted by Gasteiger charge is 2.12. The van der Waals surface area contributed by atoms with Crippen LogP contribution in [0.1, 0.15) is 37.1 Å². The van der Waals surface area contributed by atoms with Gasteiger partial charge in [0.2, 0.25) is 0 Å². The summed E-state index contributed by atoms with van der Waals surface area (Å²) in [4.78, 5) is 15.5. The van der Waals surface area contributed by atoms with Crippen LogP contribution >= 0.6 is 0 Å². The number of carbonyl (C=O) groups is 1. The number of aromatic nitrogens is 2. The van der Waals surface area contributed by atoms with E-state index in [-0.39, 0.29) is 6.04 Å². The van der Waals surface area contributed by atoms with Crippen molar-refractivity contribution in [2.75, 3.05) is 6.61 Å². The maximum atomic E-state index is 11.3. The molecule has 0 aliphatic carbocycles. The van der Waals surface area contributed by atoms with Crippen LogP contribution in [0.25, 0.3) is 0 Å². The Kier molecular flexibility index (Phi) is 4.93. The average molecular weight is 272 g/mol. The van der Waals surface area contributed by atoms with Gasteiger partial charge >= 0.3 is 0 Å². The zero-order valence-corrected chi connectivity index (χ0v) is 12.0. The third kappa shape index (κ3) is 3.47. The molecule has 0 saturated heterocycles. The molecular formula is C16H20N2O2. The molecular weight excluding hydrogens is 252 g/mol. The summed E-state index contributed by atoms with van der Waals surface area (Å²) in [6, 6.07) is 7.34. The van der Waals surface area contributed by atoms with Gasteiger partial charge < -0.3 is 14.1 Å². The zero-order chi connectivity index (χ0) is 14.4. The number of imidazole rings is 1. The number of hydrogen-bond acceptors (Lipinski definition) is 3. The maximum absolute atomic E-state index is 11.3. The van der Waals surface area contributed by atoms with Gasteiger partial charge in [0.15, 0.2) is 0 Å². The lowest BCUT2D eigenvalue weighted by molar-refractivity contribution is -0.109. The standard InChI is InChI=1S/C16H20N2O2/c1-3-4-9-20-15-7-5-14(6-8-15)16(11-19)18-10-13(2)17-12-18/h5-8,10-12,16H,3-4,9H2,1-2H3. The van der Waals surface area contributed by atoms with Crippen LogP contribution in [0, 0.1) is 6.92 Å². The van der Waals surface area contributed by atoms with E-state index >= 15 is 0 Å². The minimum Gasteiger partial charge on any atom is -0.494 e. The summed E-state index contributed by atoms with van der Waals surface area (Å²) in [7, 11) is 0. The second-order valence-electron chi connectivity index (χ2n) is 4.81. The average Bonchev–Trinajstić information content (AvgIpc) is 2.88. The Hall–Kier alpha value is -2.10. The summed E-state index contributed by atoms with van der Waals surface area (Å²) < 4.78 is 7.43. The van der Waals surface area contributed by atoms with Crippen molar-refractivity contribution in [1.82, 2.24) is 9.55 Å². The minimum absolute atomic E-state index is 0.333. The van der Waals surface area contributed by atoms with Gasteiger partial charge in [-0.05, 0) is 31.0 Å². The number of hydrogen-bond donors (Lipinski definition) is 0. The van der Waals surface area contributed by atoms with Gasteiger partial charge in [-0.3, -0.25) is 0 Å². The number of aldehydes is 1. The molecule has 0 spiro atoms. The predicted molar refractivity (Wildman–Crippen MR) is 78.0 cm³/mol. The molecule has 0 fully saturated rings. The van der Waals surface area contributed by atoms with Crippen LogP contribution in [0.2, 0.25) is 0 Å². The molecule has 1 heterocycles. The molecule has 2 rings (SSSR count). The maximum Gasteiger partial charge on any atom is 0.147 e. The van der Waals surface area contributed by atoms with Crippen molar-refractivity contribution in [1.29, 1.82) is 0 Å². The van der Waals surface area contributed by atoms with Crippen LogP contribution in [-0.4, -0.2) is 22.4 Å². The molecule has 0 saturated carbocycles. The molecule has 0 amide bonds. The van der Waals surface area contributed by atoms with E-state index in [1.165, 1.54) is 0 Å². The van der Waals surface area contributed by atoms with Gasteiger partial charge in [-0.1, -0.05) is 25.5 Å². The van der Waals surface area contributed by atoms with E-state index in [9.17, 15) is 4.79 Å². The highest BCUT2D eigenvalue weighted by atomic mass is 16.5. The monoisotopic (exact) mass is 272 g/mol. The highest BCUT2D eigenvalue weighted by Crippen LogP contribution is 2.20. The van der Waals surface area contributed by atoms with E-state index in [1.54, 1.807) is 6.33 Å². The van der Waals surface area contributed by atoms with Gasteiger partial charge in [0, 0.05) is 6.20 Å². The Labute approximate surface area is 119 Å². The highest BCUT2D eigenvalue weighted by molar-refractivity contribution is 5.62. The third-order valence-electron chi connectivity index (χ3n) is 3.17. The Morgan fingerprint density at radius 3 is 2.65 bits per heavy atom. The Morgan fingerprint density at radius 1 is 1.35 bits per heavy atom. The fourth-order valence-corrected chi connectivity index (χ4v) is 2.01. The van der Waals surface area contributed by atoms with E-state index < -0.39 is 0 Å². The van der Waals surface area contributed by atoms with Crippen molar-refractivity contribution in [3.63, 3.8) is 0 Å². The fraction of sp³-hybridized carbons (Fsp3) is 0.375. The molecule has 1 aromatic carbocycles. The van der Waals surface area contributed by atoms with Gasteiger partial charge in [0.1, 0.15) is 18.1 Å². The molecule has 0 N–H and O–H groups in total. The van der Waals surface area contributed by atoms with Crippen molar-refractivity contribution in [3.05, 3.63) is 48.0 Å². The number of unbranched alkanes of at least 4 members (excludes halogenated alkanes) is 1. The largest absolute Gasteiger partial charge is 0.494 e. The van der Waals surface area contributed by atoms with E-state index in [1.807, 2.05) is 42.0 Å². The Morgan fingerprint density at radius 2 is 2.10 bits per heavy atom. The summed E-state index contributed by atoms with van der Waals surface area (Å²) in [5, 5.41) is 0. The molecule has 1 unspecified atom stereocenters. The van der Waals surface area contributed by atoms with Crippen LogP contribution < -0.4 is 4.74 Å². The van der Waals surface area contributed by atoms with E-state index in [0.717, 1.165) is 42.7 Å². The molecule has 0 bridgehead atoms. The summed E-state index contributed by atoms with van der Waals surface area (Å²) in [5.74, 6) is 0.841. The summed E-state index contributed by atoms with van der Waals surface area (Å²) >= 11 is 0. The molecule has 20 heavy (non-hydrogen) atoms. The molecule has 1 aromatic heterocycles. The molecule has 0 radical (unpaired) electrons. The number of benzene rings is 1. The van der Waals surface area contributed by atoms with Gasteiger partial charge in [-0.25, -0.2) is 4.98 Å². The zero-order valence-electron chi connectivity index (χ0n) is 12.0. The first-order chi connectivity index (χ1) is 9.74. The first-order valence-corrected chi connectivity index (χ1v) is 6.92. The summed E-state index contributed by atoms with van der Waals surface area (Å²) in [5.41, 5.74) is 1.83. The summed E-state index contributed by atoms with van der Waals surface area (Å²) in [6.07, 6.45) is 6.64. The lowest BCUT2D eigenvalue weighted by Crippen LogP contribution is -2.10. The number of aryl methyl sites for hydroxylation is 1. The molecule has 0 aliphatic rings. The van der Waals surface area contributed by atoms with E-state index in [0.29, 0.717) is 0 Å². The van der Waals surface area contributed by atoms with Crippen molar-refractivity contribution in [3.8, 4) is 5.75 Å². The fourth-order valence-electron chi connectivity index (χ4n) is 2.01. The minimum atomic E-state index is -0.333. The smallest absolute Gasteiger partial charge is 0.147 e. The van der Waals surface area contributed by atoms with Gasteiger partial charge in [0.25, 0.3) is 0 Å². The normalized spacial score (nSPS) is 12.1. The van der Waals surface area contributed by atoms with Crippen molar-refractivity contribution in [2.24, 2.45) is 0 Å². The molecule has 106 valence electrons. The SMILES string of the molecule is CCCCOc1ccc(C(C=O)n2cnc(C)c2)cc1. The second-order valence-corrected chi connectivity index (χ2v) is 4.81. The molecule has 1 atom stereocenters. The molecule has 4 nitrogen and oxygen atoms in total. The van der Waals surface area contributed by atoms with Crippen LogP contribution in [0.4, 0.5) is 0 Å². The van der Waals surface area contributed by atoms with Crippen LogP contribution in [-0.2, 0) is 4.79 Å². The van der Waals surface area contributed by atoms with Crippen LogP contribution in [0.15, 0.2) is 36.8 Å². The van der Waals surface area contributed by atoms with Crippen LogP contribution in [0.5, 0.6) is 5.75 Å². The van der Waals surface area contributed by atoms with Crippen molar-refractivity contribution in [2.45, 2.75) is 32.7 Å².